The average Bonchev–Trinajstić information content (AvgIpc) is 3.21. The third-order valence-corrected chi connectivity index (χ3v) is 3.56. The van der Waals surface area contributed by atoms with E-state index in [1.165, 1.54) is 0 Å². The molecular weight excluding hydrogens is 266 g/mol. The fraction of sp³-hybridized carbons (Fsp3) is 0.529. The lowest BCUT2D eigenvalue weighted by Gasteiger charge is -2.19. The van der Waals surface area contributed by atoms with Crippen LogP contribution >= 0.6 is 0 Å². The Morgan fingerprint density at radius 2 is 1.76 bits per heavy atom. The summed E-state index contributed by atoms with van der Waals surface area (Å²) in [6.45, 7) is 7.94. The van der Waals surface area contributed by atoms with Gasteiger partial charge in [-0.1, -0.05) is 32.9 Å². The van der Waals surface area contributed by atoms with Crippen LogP contribution in [0.3, 0.4) is 0 Å². The zero-order chi connectivity index (χ0) is 15.6. The lowest BCUT2D eigenvalue weighted by Crippen LogP contribution is -2.37. The Morgan fingerprint density at radius 3 is 2.24 bits per heavy atom. The summed E-state index contributed by atoms with van der Waals surface area (Å²) in [7, 11) is 0. The fourth-order valence-electron chi connectivity index (χ4n) is 1.93. The molecule has 2 rings (SSSR count). The van der Waals surface area contributed by atoms with E-state index in [4.69, 9.17) is 4.74 Å². The van der Waals surface area contributed by atoms with Crippen LogP contribution in [-0.4, -0.2) is 24.0 Å². The second kappa shape index (κ2) is 5.88. The first-order chi connectivity index (χ1) is 9.77. The topological polar surface area (TPSA) is 55.4 Å². The summed E-state index contributed by atoms with van der Waals surface area (Å²) in [6, 6.07) is 7.60. The van der Waals surface area contributed by atoms with Gasteiger partial charge >= 0.3 is 5.97 Å². The average molecular weight is 289 g/mol. The van der Waals surface area contributed by atoms with E-state index in [1.54, 1.807) is 19.1 Å². The Hall–Kier alpha value is -1.84. The predicted octanol–water partition coefficient (Wildman–Crippen LogP) is 2.81. The summed E-state index contributed by atoms with van der Waals surface area (Å²) in [5.74, 6) is -0.689. The monoisotopic (exact) mass is 289 g/mol. The Balaban J connectivity index is 1.94. The second-order valence-corrected chi connectivity index (χ2v) is 6.66. The molecule has 4 heteroatoms. The maximum Gasteiger partial charge on any atom is 0.338 e. The number of carbonyl (C=O) groups excluding carboxylic acids is 2. The number of hydrogen-bond donors (Lipinski definition) is 1. The normalized spacial score (nSPS) is 16.2. The first-order valence-electron chi connectivity index (χ1n) is 7.39. The van der Waals surface area contributed by atoms with E-state index in [2.05, 4.69) is 26.1 Å². The van der Waals surface area contributed by atoms with Gasteiger partial charge in [0.25, 0.3) is 5.91 Å². The molecule has 0 radical (unpaired) electrons. The highest BCUT2D eigenvalue weighted by atomic mass is 16.5. The fourth-order valence-corrected chi connectivity index (χ4v) is 1.93. The first kappa shape index (κ1) is 15.5. The first-order valence-corrected chi connectivity index (χ1v) is 7.39. The molecule has 114 valence electrons. The molecule has 1 fully saturated rings. The van der Waals surface area contributed by atoms with Crippen LogP contribution in [-0.2, 0) is 14.9 Å². The summed E-state index contributed by atoms with van der Waals surface area (Å²) >= 11 is 0. The summed E-state index contributed by atoms with van der Waals surface area (Å²) in [5, 5.41) is 2.82. The highest BCUT2D eigenvalue weighted by Gasteiger charge is 2.27. The SMILES string of the molecule is C[C@@H](OC(=O)c1ccc(C(C)(C)C)cc1)C(=O)NC1CC1. The number of nitrogens with one attached hydrogen (secondary N) is 1. The van der Waals surface area contributed by atoms with Gasteiger partial charge in [0.15, 0.2) is 6.10 Å². The van der Waals surface area contributed by atoms with Gasteiger partial charge in [0.2, 0.25) is 0 Å². The summed E-state index contributed by atoms with van der Waals surface area (Å²) in [6.07, 6.45) is 1.27. The van der Waals surface area contributed by atoms with Crippen molar-refractivity contribution in [2.24, 2.45) is 0 Å². The molecule has 0 aromatic heterocycles. The van der Waals surface area contributed by atoms with Crippen LogP contribution in [0, 0.1) is 0 Å². The minimum absolute atomic E-state index is 0.0415. The number of ether oxygens (including phenoxy) is 1. The Kier molecular flexibility index (Phi) is 4.35. The number of esters is 1. The molecule has 1 aromatic carbocycles. The van der Waals surface area contributed by atoms with Crippen molar-refractivity contribution in [1.82, 2.24) is 5.32 Å². The van der Waals surface area contributed by atoms with Crippen molar-refractivity contribution in [3.63, 3.8) is 0 Å². The lowest BCUT2D eigenvalue weighted by molar-refractivity contribution is -0.129. The summed E-state index contributed by atoms with van der Waals surface area (Å²) in [4.78, 5) is 23.8. The minimum Gasteiger partial charge on any atom is -0.449 e. The maximum atomic E-state index is 12.0. The molecule has 0 saturated heterocycles. The standard InChI is InChI=1S/C17H23NO3/c1-11(15(19)18-14-9-10-14)21-16(20)12-5-7-13(8-6-12)17(2,3)4/h5-8,11,14H,9-10H2,1-4H3,(H,18,19)/t11-/m1/s1. The number of carbonyl (C=O) groups is 2. The van der Waals surface area contributed by atoms with Gasteiger partial charge in [-0.2, -0.15) is 0 Å². The van der Waals surface area contributed by atoms with Crippen molar-refractivity contribution in [3.8, 4) is 0 Å². The Labute approximate surface area is 125 Å². The van der Waals surface area contributed by atoms with Crippen LogP contribution in [0.2, 0.25) is 0 Å². The van der Waals surface area contributed by atoms with E-state index < -0.39 is 12.1 Å². The Bertz CT molecular complexity index is 524. The largest absolute Gasteiger partial charge is 0.449 e. The molecule has 1 aromatic rings. The molecule has 0 unspecified atom stereocenters. The summed E-state index contributed by atoms with van der Waals surface area (Å²) < 4.78 is 5.20. The highest BCUT2D eigenvalue weighted by molar-refractivity contribution is 5.92. The molecule has 1 N–H and O–H groups in total. The maximum absolute atomic E-state index is 12.0. The van der Waals surface area contributed by atoms with E-state index in [0.29, 0.717) is 5.56 Å². The van der Waals surface area contributed by atoms with E-state index in [-0.39, 0.29) is 17.4 Å². The van der Waals surface area contributed by atoms with Gasteiger partial charge in [-0.15, -0.1) is 0 Å². The number of rotatable bonds is 4. The molecule has 1 aliphatic carbocycles. The van der Waals surface area contributed by atoms with Crippen LogP contribution in [0.1, 0.15) is 56.5 Å². The van der Waals surface area contributed by atoms with Crippen LogP contribution in [0.15, 0.2) is 24.3 Å². The molecule has 1 saturated carbocycles. The molecule has 0 bridgehead atoms. The van der Waals surface area contributed by atoms with Gasteiger partial charge in [-0.3, -0.25) is 4.79 Å². The van der Waals surface area contributed by atoms with Gasteiger partial charge in [0, 0.05) is 6.04 Å². The zero-order valence-electron chi connectivity index (χ0n) is 13.1. The molecule has 1 atom stereocenters. The van der Waals surface area contributed by atoms with Gasteiger partial charge in [-0.05, 0) is 42.9 Å². The van der Waals surface area contributed by atoms with Gasteiger partial charge in [-0.25, -0.2) is 4.79 Å². The number of hydrogen-bond acceptors (Lipinski definition) is 3. The molecule has 1 amide bonds. The predicted molar refractivity (Wildman–Crippen MR) is 81.2 cm³/mol. The van der Waals surface area contributed by atoms with Crippen LogP contribution < -0.4 is 5.32 Å². The highest BCUT2D eigenvalue weighted by Crippen LogP contribution is 2.22. The van der Waals surface area contributed by atoms with E-state index >= 15 is 0 Å². The summed E-state index contributed by atoms with van der Waals surface area (Å²) in [5.41, 5.74) is 1.66. The molecule has 0 heterocycles. The van der Waals surface area contributed by atoms with Crippen molar-refractivity contribution in [1.29, 1.82) is 0 Å². The van der Waals surface area contributed by atoms with Crippen LogP contribution in [0.4, 0.5) is 0 Å². The smallest absolute Gasteiger partial charge is 0.338 e. The minimum atomic E-state index is -0.764. The van der Waals surface area contributed by atoms with Crippen LogP contribution in [0.5, 0.6) is 0 Å². The molecule has 4 nitrogen and oxygen atoms in total. The van der Waals surface area contributed by atoms with Gasteiger partial charge < -0.3 is 10.1 Å². The van der Waals surface area contributed by atoms with Gasteiger partial charge in [0.05, 0.1) is 5.56 Å². The van der Waals surface area contributed by atoms with Crippen molar-refractivity contribution < 1.29 is 14.3 Å². The quantitative estimate of drug-likeness (QED) is 0.867. The number of amides is 1. The zero-order valence-corrected chi connectivity index (χ0v) is 13.1. The molecule has 21 heavy (non-hydrogen) atoms. The third kappa shape index (κ3) is 4.31. The van der Waals surface area contributed by atoms with E-state index in [1.807, 2.05) is 12.1 Å². The van der Waals surface area contributed by atoms with Crippen molar-refractivity contribution in [2.45, 2.75) is 58.1 Å². The van der Waals surface area contributed by atoms with Gasteiger partial charge in [0.1, 0.15) is 0 Å². The number of benzene rings is 1. The van der Waals surface area contributed by atoms with Crippen LogP contribution in [0.25, 0.3) is 0 Å². The lowest BCUT2D eigenvalue weighted by atomic mass is 9.87. The molecule has 0 aliphatic heterocycles. The van der Waals surface area contributed by atoms with E-state index in [0.717, 1.165) is 18.4 Å². The van der Waals surface area contributed by atoms with Crippen molar-refractivity contribution in [3.05, 3.63) is 35.4 Å². The van der Waals surface area contributed by atoms with E-state index in [9.17, 15) is 9.59 Å². The van der Waals surface area contributed by atoms with Crippen molar-refractivity contribution in [2.75, 3.05) is 0 Å². The Morgan fingerprint density at radius 1 is 1.19 bits per heavy atom. The second-order valence-electron chi connectivity index (χ2n) is 6.66. The molecular formula is C17H23NO3. The molecule has 1 aliphatic rings. The van der Waals surface area contributed by atoms with Crippen molar-refractivity contribution >= 4 is 11.9 Å². The molecule has 0 spiro atoms. The third-order valence-electron chi connectivity index (χ3n) is 3.56.